The minimum atomic E-state index is -1.30. The van der Waals surface area contributed by atoms with Crippen LogP contribution in [0.4, 0.5) is 4.79 Å². The lowest BCUT2D eigenvalue weighted by molar-refractivity contribution is -0.143. The Hall–Kier alpha value is -10.1. The Morgan fingerprint density at radius 3 is 1.38 bits per heavy atom. The molecular weight excluding hydrogens is 1690 g/mol. The number of guanidine groups is 1. The van der Waals surface area contributed by atoms with E-state index in [0.29, 0.717) is 121 Å². The lowest BCUT2D eigenvalue weighted by Crippen LogP contribution is -2.48. The minimum absolute atomic E-state index is 0.0250. The Balaban J connectivity index is 1.08. The number of aliphatic hydroxyl groups is 1. The zero-order valence-electron chi connectivity index (χ0n) is 74.9. The van der Waals surface area contributed by atoms with Gasteiger partial charge in [-0.05, 0) is 120 Å². The number of amides is 6. The predicted octanol–water partition coefficient (Wildman–Crippen LogP) is 2.76. The van der Waals surface area contributed by atoms with Crippen LogP contribution in [0.5, 0.6) is 0 Å². The lowest BCUT2D eigenvalue weighted by Gasteiger charge is -2.25. The molecule has 0 unspecified atom stereocenters. The van der Waals surface area contributed by atoms with Gasteiger partial charge in [-0.3, -0.25) is 62.5 Å². The quantitative estimate of drug-likeness (QED) is 0.0220. The number of ketones is 7. The first-order valence-electron chi connectivity index (χ1n) is 44.3. The SMILES string of the molecule is CC(C)C[C@H](CC(=O)[C@H](CCCCN)NC(=O)[C@H](CO)CC(=O)[C@H](CCCN=C(N)N)NC(=O)OCc1ccccc1)C(=O)NCC(=O)CCCOCCOCC(=O)CCCOCCOCC(=O)CCCOCCOCC(=O)CCCOCCOCC(=O)CCCOCCOCC(=O)N[C@@H](CCCCNC(=O)CCCC(=O)NCc1ccc(-c2nncnn2)cc1)C(=O)O. The van der Waals surface area contributed by atoms with Crippen LogP contribution >= 0.6 is 0 Å². The number of rotatable bonds is 84. The van der Waals surface area contributed by atoms with Gasteiger partial charge in [0.2, 0.25) is 35.4 Å². The van der Waals surface area contributed by atoms with Crippen molar-refractivity contribution in [1.29, 1.82) is 0 Å². The fraction of sp³-hybridized carbons (Fsp3) is 0.670. The fourth-order valence-electron chi connectivity index (χ4n) is 12.3. The fourth-order valence-corrected chi connectivity index (χ4v) is 12.3. The van der Waals surface area contributed by atoms with E-state index in [9.17, 15) is 77.3 Å². The highest BCUT2D eigenvalue weighted by molar-refractivity contribution is 5.96. The molecule has 41 heteroatoms. The molecule has 0 aliphatic carbocycles. The molecule has 1 heterocycles. The van der Waals surface area contributed by atoms with Gasteiger partial charge >= 0.3 is 12.1 Å². The Morgan fingerprint density at radius 1 is 0.434 bits per heavy atom. The summed E-state index contributed by atoms with van der Waals surface area (Å²) >= 11 is 0. The molecule has 1 aromatic heterocycles. The topological polar surface area (TPSA) is 595 Å². The van der Waals surface area contributed by atoms with E-state index in [1.165, 1.54) is 6.33 Å². The van der Waals surface area contributed by atoms with Crippen molar-refractivity contribution in [1.82, 2.24) is 52.3 Å². The van der Waals surface area contributed by atoms with Gasteiger partial charge in [0.25, 0.3) is 0 Å². The van der Waals surface area contributed by atoms with Crippen LogP contribution in [0.2, 0.25) is 0 Å². The first-order valence-corrected chi connectivity index (χ1v) is 44.3. The molecule has 0 aliphatic heterocycles. The van der Waals surface area contributed by atoms with Crippen molar-refractivity contribution in [2.45, 2.75) is 199 Å². The number of nitrogens with zero attached hydrogens (tertiary/aromatic N) is 5. The van der Waals surface area contributed by atoms with Crippen molar-refractivity contribution in [3.8, 4) is 11.4 Å². The minimum Gasteiger partial charge on any atom is -0.480 e. The maximum atomic E-state index is 14.0. The van der Waals surface area contributed by atoms with Crippen molar-refractivity contribution >= 4 is 88.0 Å². The number of carboxylic acids is 1. The van der Waals surface area contributed by atoms with Crippen LogP contribution in [0.3, 0.4) is 0 Å². The number of nitrogens with one attached hydrogen (secondary N) is 6. The van der Waals surface area contributed by atoms with Gasteiger partial charge in [0.15, 0.2) is 52.8 Å². The Morgan fingerprint density at radius 2 is 0.891 bits per heavy atom. The summed E-state index contributed by atoms with van der Waals surface area (Å²) in [6.45, 7) is 6.39. The highest BCUT2D eigenvalue weighted by atomic mass is 16.6. The van der Waals surface area contributed by atoms with Crippen LogP contribution in [-0.2, 0) is 128 Å². The number of hydrogen-bond donors (Lipinski definition) is 11. The summed E-state index contributed by atoms with van der Waals surface area (Å²) in [5.41, 5.74) is 19.0. The third-order valence-corrected chi connectivity index (χ3v) is 19.2. The summed E-state index contributed by atoms with van der Waals surface area (Å²) in [6.07, 6.45) is 6.41. The van der Waals surface area contributed by atoms with Crippen molar-refractivity contribution in [2.24, 2.45) is 39.9 Å². The Kier molecular flexibility index (Phi) is 64.6. The number of nitrogens with two attached hydrogens (primary N) is 3. The summed E-state index contributed by atoms with van der Waals surface area (Å²) < 4.78 is 59.9. The maximum Gasteiger partial charge on any atom is 0.408 e. The summed E-state index contributed by atoms with van der Waals surface area (Å²) in [7, 11) is 0. The second-order valence-corrected chi connectivity index (χ2v) is 30.9. The Bertz CT molecular complexity index is 3740. The van der Waals surface area contributed by atoms with E-state index < -0.39 is 84.3 Å². The molecule has 3 aromatic rings. The summed E-state index contributed by atoms with van der Waals surface area (Å²) in [5, 5.41) is 51.1. The van der Waals surface area contributed by atoms with E-state index in [1.54, 1.807) is 36.4 Å². The normalized spacial score (nSPS) is 12.3. The van der Waals surface area contributed by atoms with Crippen molar-refractivity contribution in [3.63, 3.8) is 0 Å². The summed E-state index contributed by atoms with van der Waals surface area (Å²) in [6, 6.07) is 12.8. The monoisotopic (exact) mass is 1820 g/mol. The largest absolute Gasteiger partial charge is 0.480 e. The molecule has 129 heavy (non-hydrogen) atoms. The van der Waals surface area contributed by atoms with E-state index >= 15 is 0 Å². The van der Waals surface area contributed by atoms with Crippen molar-refractivity contribution in [2.75, 3.05) is 165 Å². The molecular formula is C88H138N14O27. The molecule has 14 N–H and O–H groups in total. The highest BCUT2D eigenvalue weighted by Crippen LogP contribution is 2.21. The van der Waals surface area contributed by atoms with Gasteiger partial charge in [0, 0.05) is 122 Å². The van der Waals surface area contributed by atoms with Gasteiger partial charge in [0.05, 0.1) is 97.2 Å². The zero-order chi connectivity index (χ0) is 94.1. The van der Waals surface area contributed by atoms with Crippen LogP contribution in [-0.4, -0.2) is 302 Å². The van der Waals surface area contributed by atoms with E-state index in [1.807, 2.05) is 32.0 Å². The molecule has 6 amide bonds. The van der Waals surface area contributed by atoms with Crippen LogP contribution in [0.25, 0.3) is 11.4 Å². The van der Waals surface area contributed by atoms with E-state index in [0.717, 1.165) is 11.1 Å². The average molecular weight is 1820 g/mol. The number of aliphatic imine (C=N–C) groups is 1. The number of aliphatic carboxylic acids is 1. The molecule has 0 fully saturated rings. The molecule has 2 aromatic carbocycles. The second kappa shape index (κ2) is 73.7. The number of benzene rings is 2. The van der Waals surface area contributed by atoms with Gasteiger partial charge in [-0.15, -0.1) is 20.4 Å². The summed E-state index contributed by atoms with van der Waals surface area (Å²) in [5.74, 6) is -7.17. The van der Waals surface area contributed by atoms with Crippen LogP contribution < -0.4 is 49.1 Å². The van der Waals surface area contributed by atoms with Crippen LogP contribution in [0.15, 0.2) is 65.9 Å². The smallest absolute Gasteiger partial charge is 0.408 e. The van der Waals surface area contributed by atoms with Gasteiger partial charge < -0.3 is 111 Å². The molecule has 0 saturated heterocycles. The molecule has 0 aliphatic rings. The van der Waals surface area contributed by atoms with Crippen molar-refractivity contribution in [3.05, 3.63) is 72.1 Å². The van der Waals surface area contributed by atoms with E-state index in [4.69, 9.17) is 69.3 Å². The van der Waals surface area contributed by atoms with Crippen molar-refractivity contribution < 1.29 is 129 Å². The van der Waals surface area contributed by atoms with Gasteiger partial charge in [-0.2, -0.15) is 0 Å². The second-order valence-electron chi connectivity index (χ2n) is 30.9. The number of ether oxygens (including phenoxy) is 11. The first-order chi connectivity index (χ1) is 62.3. The number of unbranched alkanes of at least 4 members (excludes halogenated alkanes) is 2. The van der Waals surface area contributed by atoms with Crippen LogP contribution in [0, 0.1) is 17.8 Å². The predicted molar refractivity (Wildman–Crippen MR) is 469 cm³/mol. The number of carboxylic acid groups (broad SMARTS) is 1. The maximum absolute atomic E-state index is 14.0. The molecule has 0 bridgehead atoms. The standard InChI is InChI=1S/C88H138N14O27/c1-64(2)51-68(52-78(109)75(24-6-8-33-89)99-85(115)69(56-103)53-79(110)76(26-11-35-93-87(90)91)100-88(118)129-57-66-17-4-3-5-18-66)84(114)95-55-70(104)19-12-36-119-41-46-124-58-71(105)20-13-37-120-42-47-125-59-72(106)21-14-38-121-43-48-126-60-73(107)22-15-39-122-44-49-127-61-74(108)23-16-40-123-45-50-128-62-82(113)98-77(86(116)117)25-7-9-34-92-80(111)27-10-28-81(112)94-54-65-29-31-67(32-30-65)83-101-96-63-97-102-83/h3-5,17-18,29-32,63-64,68-69,75-77,103H,6-16,19-28,33-62,89H2,1-2H3,(H,92,111)(H,94,112)(H,95,114)(H,98,113)(H,99,115)(H,100,118)(H,116,117)(H4,90,91,93)/t68-,69+,75+,76+,77+/m1/s1. The molecule has 5 atom stereocenters. The third-order valence-electron chi connectivity index (χ3n) is 19.2. The summed E-state index contributed by atoms with van der Waals surface area (Å²) in [4.78, 5) is 182. The molecule has 0 saturated carbocycles. The van der Waals surface area contributed by atoms with Gasteiger partial charge in [-0.25, -0.2) is 9.59 Å². The number of carbonyl (C=O) groups is 14. The number of alkyl carbamates (subject to hydrolysis) is 1. The van der Waals surface area contributed by atoms with Crippen LogP contribution in [0.1, 0.15) is 179 Å². The lowest BCUT2D eigenvalue weighted by atomic mass is 9.88. The molecule has 0 radical (unpaired) electrons. The number of carbonyl (C=O) groups excluding carboxylic acids is 13. The average Bonchev–Trinajstić information content (AvgIpc) is 0.865. The molecule has 0 spiro atoms. The number of Topliss-reactive ketones (excluding diaryl/α,β-unsaturated/α-hetero) is 7. The molecule has 722 valence electrons. The van der Waals surface area contributed by atoms with E-state index in [2.05, 4.69) is 57.3 Å². The first kappa shape index (κ1) is 113. The zero-order valence-corrected chi connectivity index (χ0v) is 74.9. The highest BCUT2D eigenvalue weighted by Gasteiger charge is 2.33. The number of aliphatic hydroxyl groups excluding tert-OH is 1. The molecule has 3 rings (SSSR count). The number of aromatic nitrogens is 4. The number of hydrogen-bond acceptors (Lipinski definition) is 32. The van der Waals surface area contributed by atoms with Gasteiger partial charge in [-0.1, -0.05) is 68.4 Å². The molecule has 41 nitrogen and oxygen atoms in total. The Labute approximate surface area is 754 Å². The van der Waals surface area contributed by atoms with Gasteiger partial charge in [0.1, 0.15) is 45.7 Å². The third kappa shape index (κ3) is 60.5. The van der Waals surface area contributed by atoms with E-state index in [-0.39, 0.29) is 262 Å².